The predicted molar refractivity (Wildman–Crippen MR) is 103 cm³/mol. The average Bonchev–Trinajstić information content (AvgIpc) is 2.94. The van der Waals surface area contributed by atoms with Crippen molar-refractivity contribution in [2.45, 2.75) is 19.4 Å². The lowest BCUT2D eigenvalue weighted by molar-refractivity contribution is -0.917. The summed E-state index contributed by atoms with van der Waals surface area (Å²) in [4.78, 5) is 41.7. The van der Waals surface area contributed by atoms with E-state index in [4.69, 9.17) is 4.74 Å². The van der Waals surface area contributed by atoms with Crippen molar-refractivity contribution in [2.24, 2.45) is 0 Å². The highest BCUT2D eigenvalue weighted by molar-refractivity contribution is 6.01. The Labute approximate surface area is 169 Å². The van der Waals surface area contributed by atoms with Gasteiger partial charge in [0, 0.05) is 20.0 Å². The Bertz CT molecular complexity index is 780. The van der Waals surface area contributed by atoms with Crippen LogP contribution in [0.1, 0.15) is 18.4 Å². The van der Waals surface area contributed by atoms with Crippen molar-refractivity contribution in [1.29, 1.82) is 0 Å². The molecule has 1 aromatic carbocycles. The highest BCUT2D eigenvalue weighted by atomic mass is 19.1. The monoisotopic (exact) mass is 407 g/mol. The van der Waals surface area contributed by atoms with Crippen LogP contribution in [0.2, 0.25) is 0 Å². The van der Waals surface area contributed by atoms with Gasteiger partial charge in [-0.25, -0.2) is 9.18 Å². The number of rotatable bonds is 7. The van der Waals surface area contributed by atoms with Gasteiger partial charge < -0.3 is 19.4 Å². The predicted octanol–water partition coefficient (Wildman–Crippen LogP) is -0.264. The number of ether oxygens (including phenoxy) is 1. The molecule has 2 fully saturated rings. The summed E-state index contributed by atoms with van der Waals surface area (Å²) in [5, 5.41) is 0. The van der Waals surface area contributed by atoms with E-state index >= 15 is 0 Å². The van der Waals surface area contributed by atoms with Gasteiger partial charge in [-0.15, -0.1) is 0 Å². The molecule has 2 heterocycles. The van der Waals surface area contributed by atoms with Crippen molar-refractivity contribution in [3.8, 4) is 5.75 Å². The molecule has 0 saturated carbocycles. The molecular weight excluding hydrogens is 379 g/mol. The van der Waals surface area contributed by atoms with E-state index in [0.717, 1.165) is 18.7 Å². The number of amides is 4. The van der Waals surface area contributed by atoms with Crippen LogP contribution in [-0.4, -0.2) is 86.0 Å². The number of nitrogens with one attached hydrogen (secondary N) is 1. The molecule has 2 saturated heterocycles. The fourth-order valence-electron chi connectivity index (χ4n) is 3.84. The number of carbonyl (C=O) groups is 3. The molecule has 4 amide bonds. The van der Waals surface area contributed by atoms with E-state index in [1.807, 2.05) is 4.90 Å². The van der Waals surface area contributed by atoms with E-state index in [2.05, 4.69) is 0 Å². The molecule has 0 atom stereocenters. The third-order valence-corrected chi connectivity index (χ3v) is 5.51. The van der Waals surface area contributed by atoms with Crippen molar-refractivity contribution >= 4 is 17.8 Å². The van der Waals surface area contributed by atoms with Crippen molar-refractivity contribution in [2.75, 3.05) is 53.4 Å². The Morgan fingerprint density at radius 1 is 1.24 bits per heavy atom. The zero-order valence-corrected chi connectivity index (χ0v) is 16.9. The van der Waals surface area contributed by atoms with Crippen LogP contribution in [0.4, 0.5) is 9.18 Å². The second-order valence-electron chi connectivity index (χ2n) is 7.55. The van der Waals surface area contributed by atoms with E-state index in [0.29, 0.717) is 38.2 Å². The average molecular weight is 407 g/mol. The van der Waals surface area contributed by atoms with Gasteiger partial charge in [0.1, 0.15) is 24.7 Å². The third kappa shape index (κ3) is 5.03. The zero-order chi connectivity index (χ0) is 21.0. The smallest absolute Gasteiger partial charge is 0.326 e. The van der Waals surface area contributed by atoms with Crippen LogP contribution in [0.15, 0.2) is 18.2 Å². The summed E-state index contributed by atoms with van der Waals surface area (Å²) in [6.45, 7) is 3.85. The number of quaternary nitrogens is 1. The van der Waals surface area contributed by atoms with Gasteiger partial charge in [-0.2, -0.15) is 0 Å². The summed E-state index contributed by atoms with van der Waals surface area (Å²) in [5.74, 6) is 0.221. The second-order valence-corrected chi connectivity index (χ2v) is 7.55. The molecule has 0 radical (unpaired) electrons. The van der Waals surface area contributed by atoms with Gasteiger partial charge in [-0.05, 0) is 24.6 Å². The Morgan fingerprint density at radius 3 is 2.59 bits per heavy atom. The molecule has 29 heavy (non-hydrogen) atoms. The fourth-order valence-corrected chi connectivity index (χ4v) is 3.84. The number of hydrogen-bond acceptors (Lipinski definition) is 4. The lowest BCUT2D eigenvalue weighted by Crippen LogP contribution is -3.13. The molecule has 0 aromatic heterocycles. The summed E-state index contributed by atoms with van der Waals surface area (Å²) in [6.07, 6.45) is 0.783. The molecule has 2 aliphatic heterocycles. The topological polar surface area (TPSA) is 74.6 Å². The number of nitrogens with zero attached hydrogens (tertiary/aromatic N) is 3. The molecule has 0 spiro atoms. The first-order valence-electron chi connectivity index (χ1n) is 9.88. The number of imide groups is 1. The molecule has 2 aliphatic rings. The lowest BCUT2D eigenvalue weighted by atomic mass is 10.1. The van der Waals surface area contributed by atoms with Crippen molar-refractivity contribution < 1.29 is 28.4 Å². The first-order chi connectivity index (χ1) is 13.9. The van der Waals surface area contributed by atoms with E-state index in [-0.39, 0.29) is 36.8 Å². The summed E-state index contributed by atoms with van der Waals surface area (Å²) in [6, 6.07) is 4.22. The molecule has 3 rings (SSSR count). The van der Waals surface area contributed by atoms with E-state index in [1.54, 1.807) is 20.2 Å². The van der Waals surface area contributed by atoms with Crippen molar-refractivity contribution in [1.82, 2.24) is 14.7 Å². The van der Waals surface area contributed by atoms with Gasteiger partial charge in [0.05, 0.1) is 38.9 Å². The van der Waals surface area contributed by atoms with Crippen LogP contribution in [0.25, 0.3) is 0 Å². The molecular formula is C20H28FN4O4+. The standard InChI is InChI=1S/C20H27FN4O4/c1-22-14-19(27)25(20(22)28)7-3-4-18(26)24-10-8-23(9-11-24)13-15-12-16(21)5-6-17(15)29-2/h5-6,12H,3-4,7-11,13-14H2,1-2H3/p+1. The van der Waals surface area contributed by atoms with E-state index < -0.39 is 0 Å². The van der Waals surface area contributed by atoms with Gasteiger partial charge in [-0.3, -0.25) is 14.5 Å². The summed E-state index contributed by atoms with van der Waals surface area (Å²) < 4.78 is 18.8. The molecule has 0 bridgehead atoms. The number of likely N-dealkylation sites (N-methyl/N-ethyl adjacent to an activating group) is 1. The summed E-state index contributed by atoms with van der Waals surface area (Å²) in [7, 11) is 3.16. The first kappa shape index (κ1) is 21.0. The zero-order valence-electron chi connectivity index (χ0n) is 16.9. The van der Waals surface area contributed by atoms with Gasteiger partial charge in [0.15, 0.2) is 0 Å². The Kier molecular flexibility index (Phi) is 6.68. The lowest BCUT2D eigenvalue weighted by Gasteiger charge is -2.32. The van der Waals surface area contributed by atoms with Crippen molar-refractivity contribution in [3.63, 3.8) is 0 Å². The van der Waals surface area contributed by atoms with E-state index in [9.17, 15) is 18.8 Å². The maximum atomic E-state index is 13.5. The van der Waals surface area contributed by atoms with Crippen LogP contribution in [0.3, 0.4) is 0 Å². The number of methoxy groups -OCH3 is 1. The van der Waals surface area contributed by atoms with Crippen LogP contribution in [0.5, 0.6) is 5.75 Å². The largest absolute Gasteiger partial charge is 0.496 e. The Hall–Kier alpha value is -2.68. The number of benzene rings is 1. The van der Waals surface area contributed by atoms with Crippen LogP contribution < -0.4 is 9.64 Å². The second kappa shape index (κ2) is 9.21. The first-order valence-corrected chi connectivity index (χ1v) is 9.88. The normalized spacial score (nSPS) is 18.0. The van der Waals surface area contributed by atoms with Gasteiger partial charge >= 0.3 is 6.03 Å². The molecule has 1 aromatic rings. The highest BCUT2D eigenvalue weighted by Crippen LogP contribution is 2.18. The van der Waals surface area contributed by atoms with Gasteiger partial charge in [0.25, 0.3) is 0 Å². The van der Waals surface area contributed by atoms with E-state index in [1.165, 1.54) is 26.8 Å². The Morgan fingerprint density at radius 2 is 1.97 bits per heavy atom. The number of urea groups is 1. The third-order valence-electron chi connectivity index (χ3n) is 5.51. The van der Waals surface area contributed by atoms with Gasteiger partial charge in [-0.1, -0.05) is 0 Å². The summed E-state index contributed by atoms with van der Waals surface area (Å²) >= 11 is 0. The highest BCUT2D eigenvalue weighted by Gasteiger charge is 2.33. The van der Waals surface area contributed by atoms with Crippen LogP contribution >= 0.6 is 0 Å². The Balaban J connectivity index is 1.42. The molecule has 8 nitrogen and oxygen atoms in total. The van der Waals surface area contributed by atoms with Crippen LogP contribution in [-0.2, 0) is 16.1 Å². The molecule has 0 unspecified atom stereocenters. The minimum absolute atomic E-state index is 0.0415. The number of hydrogen-bond donors (Lipinski definition) is 1. The quantitative estimate of drug-likeness (QED) is 0.632. The van der Waals surface area contributed by atoms with Crippen molar-refractivity contribution in [3.05, 3.63) is 29.6 Å². The number of piperazine rings is 1. The minimum atomic E-state index is -0.299. The SMILES string of the molecule is COc1ccc(F)cc1C[NH+]1CCN(C(=O)CCCN2C(=O)CN(C)C2=O)CC1. The fraction of sp³-hybridized carbons (Fsp3) is 0.550. The minimum Gasteiger partial charge on any atom is -0.496 e. The van der Waals surface area contributed by atoms with Gasteiger partial charge in [0.2, 0.25) is 11.8 Å². The molecule has 9 heteroatoms. The van der Waals surface area contributed by atoms with Crippen LogP contribution in [0, 0.1) is 5.82 Å². The summed E-state index contributed by atoms with van der Waals surface area (Å²) in [5.41, 5.74) is 0.826. The molecule has 158 valence electrons. The molecule has 0 aliphatic carbocycles. The number of halogens is 1. The molecule has 1 N–H and O–H groups in total. The maximum absolute atomic E-state index is 13.5. The number of carbonyl (C=O) groups excluding carboxylic acids is 3. The maximum Gasteiger partial charge on any atom is 0.326 e.